The number of benzene rings is 1. The van der Waals surface area contributed by atoms with Crippen LogP contribution >= 0.6 is 0 Å². The SMILES string of the molecule is CCCC(CCO)CN=C(NCC)NCC(c1ccccc1)N1CCOCC1. The van der Waals surface area contributed by atoms with Gasteiger partial charge in [0.25, 0.3) is 0 Å². The minimum atomic E-state index is 0.233. The number of morpholine rings is 1. The molecule has 3 N–H and O–H groups in total. The molecule has 0 saturated carbocycles. The first-order valence-corrected chi connectivity index (χ1v) is 10.8. The average Bonchev–Trinajstić information content (AvgIpc) is 2.74. The van der Waals surface area contributed by atoms with E-state index < -0.39 is 0 Å². The molecule has 6 nitrogen and oxygen atoms in total. The first-order chi connectivity index (χ1) is 13.8. The third kappa shape index (κ3) is 7.78. The van der Waals surface area contributed by atoms with E-state index in [1.165, 1.54) is 5.56 Å². The van der Waals surface area contributed by atoms with E-state index in [-0.39, 0.29) is 12.6 Å². The van der Waals surface area contributed by atoms with Crippen molar-refractivity contribution in [3.63, 3.8) is 0 Å². The third-order valence-corrected chi connectivity index (χ3v) is 5.22. The number of aliphatic hydroxyl groups excluding tert-OH is 1. The number of hydrogen-bond donors (Lipinski definition) is 3. The van der Waals surface area contributed by atoms with Gasteiger partial charge in [-0.05, 0) is 31.2 Å². The van der Waals surface area contributed by atoms with Crippen molar-refractivity contribution in [2.24, 2.45) is 10.9 Å². The number of ether oxygens (including phenoxy) is 1. The maximum atomic E-state index is 9.28. The van der Waals surface area contributed by atoms with Crippen molar-refractivity contribution in [1.29, 1.82) is 0 Å². The quantitative estimate of drug-likeness (QED) is 0.400. The van der Waals surface area contributed by atoms with Crippen molar-refractivity contribution < 1.29 is 9.84 Å². The van der Waals surface area contributed by atoms with Crippen LogP contribution in [0.3, 0.4) is 0 Å². The van der Waals surface area contributed by atoms with Gasteiger partial charge >= 0.3 is 0 Å². The van der Waals surface area contributed by atoms with E-state index in [1.807, 2.05) is 0 Å². The highest BCUT2D eigenvalue weighted by atomic mass is 16.5. The van der Waals surface area contributed by atoms with Crippen molar-refractivity contribution in [2.75, 3.05) is 52.5 Å². The summed E-state index contributed by atoms with van der Waals surface area (Å²) >= 11 is 0. The van der Waals surface area contributed by atoms with E-state index in [9.17, 15) is 5.11 Å². The molecule has 0 spiro atoms. The lowest BCUT2D eigenvalue weighted by molar-refractivity contribution is 0.0170. The van der Waals surface area contributed by atoms with E-state index in [0.29, 0.717) is 5.92 Å². The van der Waals surface area contributed by atoms with Crippen LogP contribution in [0.4, 0.5) is 0 Å². The fourth-order valence-corrected chi connectivity index (χ4v) is 3.70. The molecule has 2 rings (SSSR count). The Hall–Kier alpha value is -1.63. The zero-order chi connectivity index (χ0) is 20.0. The van der Waals surface area contributed by atoms with E-state index in [2.05, 4.69) is 59.7 Å². The molecule has 2 unspecified atom stereocenters. The monoisotopic (exact) mass is 390 g/mol. The molecule has 1 heterocycles. The van der Waals surface area contributed by atoms with Gasteiger partial charge in [0, 0.05) is 39.3 Å². The fraction of sp³-hybridized carbons (Fsp3) is 0.682. The van der Waals surface area contributed by atoms with Crippen molar-refractivity contribution in [1.82, 2.24) is 15.5 Å². The number of aliphatic imine (C=N–C) groups is 1. The maximum Gasteiger partial charge on any atom is 0.191 e. The molecule has 158 valence electrons. The summed E-state index contributed by atoms with van der Waals surface area (Å²) in [4.78, 5) is 7.29. The zero-order valence-corrected chi connectivity index (χ0v) is 17.6. The van der Waals surface area contributed by atoms with Crippen LogP contribution in [-0.4, -0.2) is 68.5 Å². The zero-order valence-electron chi connectivity index (χ0n) is 17.6. The van der Waals surface area contributed by atoms with E-state index in [0.717, 1.165) is 71.2 Å². The van der Waals surface area contributed by atoms with Gasteiger partial charge in [0.15, 0.2) is 5.96 Å². The molecule has 1 saturated heterocycles. The highest BCUT2D eigenvalue weighted by Gasteiger charge is 2.22. The van der Waals surface area contributed by atoms with Gasteiger partial charge in [0.05, 0.1) is 19.3 Å². The minimum absolute atomic E-state index is 0.233. The van der Waals surface area contributed by atoms with Gasteiger partial charge in [-0.3, -0.25) is 9.89 Å². The van der Waals surface area contributed by atoms with Gasteiger partial charge in [-0.25, -0.2) is 0 Å². The predicted octanol–water partition coefficient (Wildman–Crippen LogP) is 2.41. The molecule has 2 atom stereocenters. The van der Waals surface area contributed by atoms with Crippen LogP contribution in [-0.2, 0) is 4.74 Å². The third-order valence-electron chi connectivity index (χ3n) is 5.22. The Balaban J connectivity index is 2.03. The number of guanidine groups is 1. The van der Waals surface area contributed by atoms with Crippen LogP contribution in [0.5, 0.6) is 0 Å². The molecule has 1 aliphatic rings. The Bertz CT molecular complexity index is 541. The molecule has 1 aliphatic heterocycles. The van der Waals surface area contributed by atoms with Gasteiger partial charge in [-0.15, -0.1) is 0 Å². The molecular formula is C22H38N4O2. The van der Waals surface area contributed by atoms with Crippen LogP contribution in [0.25, 0.3) is 0 Å². The molecule has 6 heteroatoms. The average molecular weight is 391 g/mol. The second kappa shape index (κ2) is 13.5. The summed E-state index contributed by atoms with van der Waals surface area (Å²) in [5.41, 5.74) is 1.32. The van der Waals surface area contributed by atoms with Gasteiger partial charge in [-0.2, -0.15) is 0 Å². The molecular weight excluding hydrogens is 352 g/mol. The molecule has 28 heavy (non-hydrogen) atoms. The van der Waals surface area contributed by atoms with E-state index >= 15 is 0 Å². The van der Waals surface area contributed by atoms with Crippen LogP contribution in [0.2, 0.25) is 0 Å². The summed E-state index contributed by atoms with van der Waals surface area (Å²) in [6.07, 6.45) is 3.04. The lowest BCUT2D eigenvalue weighted by Gasteiger charge is -2.35. The van der Waals surface area contributed by atoms with E-state index in [4.69, 9.17) is 9.73 Å². The Labute approximate surface area is 170 Å². The van der Waals surface area contributed by atoms with Crippen molar-refractivity contribution >= 4 is 5.96 Å². The van der Waals surface area contributed by atoms with Gasteiger partial charge in [0.1, 0.15) is 0 Å². The van der Waals surface area contributed by atoms with Gasteiger partial charge < -0.3 is 20.5 Å². The van der Waals surface area contributed by atoms with Crippen molar-refractivity contribution in [3.05, 3.63) is 35.9 Å². The highest BCUT2D eigenvalue weighted by molar-refractivity contribution is 5.79. The van der Waals surface area contributed by atoms with Crippen LogP contribution < -0.4 is 10.6 Å². The summed E-state index contributed by atoms with van der Waals surface area (Å²) < 4.78 is 5.54. The van der Waals surface area contributed by atoms with Crippen molar-refractivity contribution in [3.8, 4) is 0 Å². The second-order valence-corrected chi connectivity index (χ2v) is 7.34. The molecule has 0 aromatic heterocycles. The Morgan fingerprint density at radius 2 is 1.89 bits per heavy atom. The number of aliphatic hydroxyl groups is 1. The normalized spacial score (nSPS) is 17.9. The molecule has 1 fully saturated rings. The molecule has 0 aliphatic carbocycles. The largest absolute Gasteiger partial charge is 0.396 e. The molecule has 1 aromatic rings. The summed E-state index contributed by atoms with van der Waals surface area (Å²) in [7, 11) is 0. The Morgan fingerprint density at radius 1 is 1.14 bits per heavy atom. The number of nitrogens with zero attached hydrogens (tertiary/aromatic N) is 2. The molecule has 0 bridgehead atoms. The number of hydrogen-bond acceptors (Lipinski definition) is 4. The number of nitrogens with one attached hydrogen (secondary N) is 2. The summed E-state index contributed by atoms with van der Waals surface area (Å²) in [5, 5.41) is 16.2. The minimum Gasteiger partial charge on any atom is -0.396 e. The molecule has 0 radical (unpaired) electrons. The van der Waals surface area contributed by atoms with Crippen LogP contribution in [0.15, 0.2) is 35.3 Å². The Kier molecular flexibility index (Phi) is 10.9. The van der Waals surface area contributed by atoms with E-state index in [1.54, 1.807) is 0 Å². The highest BCUT2D eigenvalue weighted by Crippen LogP contribution is 2.21. The molecule has 0 amide bonds. The lowest BCUT2D eigenvalue weighted by atomic mass is 10.0. The lowest BCUT2D eigenvalue weighted by Crippen LogP contribution is -2.46. The Morgan fingerprint density at radius 3 is 2.54 bits per heavy atom. The molecule has 1 aromatic carbocycles. The van der Waals surface area contributed by atoms with Crippen LogP contribution in [0, 0.1) is 5.92 Å². The van der Waals surface area contributed by atoms with Crippen LogP contribution in [0.1, 0.15) is 44.7 Å². The summed E-state index contributed by atoms with van der Waals surface area (Å²) in [6, 6.07) is 11.0. The van der Waals surface area contributed by atoms with Crippen molar-refractivity contribution in [2.45, 2.75) is 39.2 Å². The fourth-order valence-electron chi connectivity index (χ4n) is 3.70. The van der Waals surface area contributed by atoms with Gasteiger partial charge in [-0.1, -0.05) is 43.7 Å². The first kappa shape index (κ1) is 22.7. The smallest absolute Gasteiger partial charge is 0.191 e. The predicted molar refractivity (Wildman–Crippen MR) is 116 cm³/mol. The topological polar surface area (TPSA) is 69.1 Å². The summed E-state index contributed by atoms with van der Waals surface area (Å²) in [6.45, 7) is 10.4. The standard InChI is InChI=1S/C22H38N4O2/c1-3-8-19(11-14-27)17-24-22(23-4-2)25-18-21(20-9-6-5-7-10-20)26-12-15-28-16-13-26/h5-7,9-10,19,21,27H,3-4,8,11-18H2,1-2H3,(H2,23,24,25). The second-order valence-electron chi connectivity index (χ2n) is 7.34. The maximum absolute atomic E-state index is 9.28. The summed E-state index contributed by atoms with van der Waals surface area (Å²) in [5.74, 6) is 1.30. The first-order valence-electron chi connectivity index (χ1n) is 10.8. The van der Waals surface area contributed by atoms with Gasteiger partial charge in [0.2, 0.25) is 0 Å². The number of rotatable bonds is 11.